The van der Waals surface area contributed by atoms with Crippen molar-refractivity contribution in [2.45, 2.75) is 88.1 Å². The lowest BCUT2D eigenvalue weighted by atomic mass is 9.99. The van der Waals surface area contributed by atoms with E-state index in [1.54, 1.807) is 0 Å². The molecule has 0 bridgehead atoms. The molecule has 3 unspecified atom stereocenters. The summed E-state index contributed by atoms with van der Waals surface area (Å²) in [5, 5.41) is 1.87. The molecular weight excluding hydrogens is 290 g/mol. The van der Waals surface area contributed by atoms with Gasteiger partial charge in [-0.1, -0.05) is 71.6 Å². The van der Waals surface area contributed by atoms with Gasteiger partial charge in [-0.25, -0.2) is 0 Å². The lowest BCUT2D eigenvalue weighted by molar-refractivity contribution is 0.485. The third-order valence-electron chi connectivity index (χ3n) is 5.73. The molecule has 2 fully saturated rings. The topological polar surface area (TPSA) is 0 Å². The van der Waals surface area contributed by atoms with Gasteiger partial charge >= 0.3 is 0 Å². The summed E-state index contributed by atoms with van der Waals surface area (Å²) in [6, 6.07) is 0. The van der Waals surface area contributed by atoms with Crippen LogP contribution in [-0.2, 0) is 0 Å². The lowest BCUT2D eigenvalue weighted by Gasteiger charge is -2.41. The van der Waals surface area contributed by atoms with E-state index in [2.05, 4.69) is 34.4 Å². The molecule has 0 saturated heterocycles. The van der Waals surface area contributed by atoms with E-state index in [9.17, 15) is 0 Å². The monoisotopic (exact) mass is 322 g/mol. The second kappa shape index (κ2) is 7.75. The van der Waals surface area contributed by atoms with Gasteiger partial charge in [0.2, 0.25) is 0 Å². The van der Waals surface area contributed by atoms with E-state index in [0.29, 0.717) is 5.66 Å². The highest BCUT2D eigenvalue weighted by Crippen LogP contribution is 2.64. The molecule has 118 valence electrons. The smallest absolute Gasteiger partial charge is 0.00858 e. The zero-order chi connectivity index (χ0) is 14.7. The van der Waals surface area contributed by atoms with Crippen LogP contribution in [0, 0.1) is 5.92 Å². The summed E-state index contributed by atoms with van der Waals surface area (Å²) < 4.78 is 0. The van der Waals surface area contributed by atoms with Crippen molar-refractivity contribution >= 4 is 17.2 Å². The van der Waals surface area contributed by atoms with E-state index in [1.165, 1.54) is 64.2 Å². The van der Waals surface area contributed by atoms with Crippen LogP contribution < -0.4 is 0 Å². The Bertz CT molecular complexity index is 366. The minimum absolute atomic E-state index is 0.115. The molecule has 3 aliphatic rings. The summed E-state index contributed by atoms with van der Waals surface area (Å²) in [6.07, 6.45) is 22.4. The summed E-state index contributed by atoms with van der Waals surface area (Å²) in [7, 11) is 3.18. The van der Waals surface area contributed by atoms with E-state index in [4.69, 9.17) is 0 Å². The first kappa shape index (κ1) is 16.2. The minimum Gasteiger partial charge on any atom is -0.134 e. The Morgan fingerprint density at radius 1 is 0.952 bits per heavy atom. The average molecular weight is 322 g/mol. The molecule has 0 N–H and O–H groups in total. The van der Waals surface area contributed by atoms with Crippen LogP contribution >= 0.6 is 17.2 Å². The average Bonchev–Trinajstić information content (AvgIpc) is 2.99. The lowest BCUT2D eigenvalue weighted by Crippen LogP contribution is -2.24. The highest BCUT2D eigenvalue weighted by Gasteiger charge is 2.36. The van der Waals surface area contributed by atoms with Crippen molar-refractivity contribution in [3.8, 4) is 0 Å². The fourth-order valence-corrected chi connectivity index (χ4v) is 9.33. The Hall–Kier alpha value is 0.340. The molecule has 3 rings (SSSR count). The molecule has 0 amide bonds. The minimum atomic E-state index is 0.115. The molecule has 0 radical (unpaired) electrons. The number of allylic oxidation sites excluding steroid dienone is 4. The zero-order valence-corrected chi connectivity index (χ0v) is 15.7. The Morgan fingerprint density at radius 3 is 1.95 bits per heavy atom. The van der Waals surface area contributed by atoms with Gasteiger partial charge < -0.3 is 0 Å². The molecule has 2 heteroatoms. The van der Waals surface area contributed by atoms with Crippen LogP contribution in [0.3, 0.4) is 0 Å². The first-order valence-corrected chi connectivity index (χ1v) is 11.3. The Kier molecular flexibility index (Phi) is 5.98. The number of hydrogen-bond donors (Lipinski definition) is 0. The second-order valence-corrected chi connectivity index (χ2v) is 11.2. The zero-order valence-electron chi connectivity index (χ0n) is 13.6. The summed E-state index contributed by atoms with van der Waals surface area (Å²) in [5.74, 6) is 0.727. The summed E-state index contributed by atoms with van der Waals surface area (Å²) in [5.41, 5.74) is 2.80. The van der Waals surface area contributed by atoms with E-state index in [0.717, 1.165) is 17.2 Å². The molecule has 0 aromatic rings. The molecule has 21 heavy (non-hydrogen) atoms. The van der Waals surface area contributed by atoms with Crippen LogP contribution in [0.2, 0.25) is 0 Å². The van der Waals surface area contributed by atoms with Crippen LogP contribution in [-0.4, -0.2) is 17.0 Å². The van der Waals surface area contributed by atoms with Crippen LogP contribution in [0.5, 0.6) is 0 Å². The molecule has 0 aromatic carbocycles. The fourth-order valence-electron chi connectivity index (χ4n) is 4.62. The molecule has 0 nitrogen and oxygen atoms in total. The maximum absolute atomic E-state index is 3.07. The largest absolute Gasteiger partial charge is 0.134 e. The van der Waals surface area contributed by atoms with Crippen molar-refractivity contribution in [3.05, 3.63) is 23.5 Å². The van der Waals surface area contributed by atoms with E-state index in [1.807, 2.05) is 5.31 Å². The van der Waals surface area contributed by atoms with Crippen molar-refractivity contribution in [1.82, 2.24) is 0 Å². The first-order valence-electron chi connectivity index (χ1n) is 9.19. The Balaban J connectivity index is 1.81. The third-order valence-corrected chi connectivity index (χ3v) is 9.79. The third kappa shape index (κ3) is 3.82. The normalized spacial score (nSPS) is 29.9. The van der Waals surface area contributed by atoms with Gasteiger partial charge in [-0.3, -0.25) is 0 Å². The molecule has 3 aliphatic carbocycles. The van der Waals surface area contributed by atoms with Gasteiger partial charge in [0.1, 0.15) is 0 Å². The molecule has 3 atom stereocenters. The summed E-state index contributed by atoms with van der Waals surface area (Å²) in [4.78, 5) is 0. The Morgan fingerprint density at radius 2 is 1.48 bits per heavy atom. The van der Waals surface area contributed by atoms with Gasteiger partial charge in [0.05, 0.1) is 0 Å². The Labute approximate surface area is 135 Å². The van der Waals surface area contributed by atoms with Gasteiger partial charge in [-0.05, 0) is 48.0 Å². The van der Waals surface area contributed by atoms with Crippen LogP contribution in [0.1, 0.15) is 71.1 Å². The summed E-state index contributed by atoms with van der Waals surface area (Å²) in [6.45, 7) is 2.38. The standard InChI is InChI=1S/C19H32P2/c1-15(20)18-13-8-14-19(18)21(16-9-4-2-5-10-16)17-11-6-3-7-12-17/h8,13-18H,2-7,9-12,20H2,1H3. The summed E-state index contributed by atoms with van der Waals surface area (Å²) >= 11 is 0. The second-order valence-electron chi connectivity index (χ2n) is 7.35. The van der Waals surface area contributed by atoms with Crippen molar-refractivity contribution in [3.63, 3.8) is 0 Å². The molecule has 0 spiro atoms. The predicted octanol–water partition coefficient (Wildman–Crippen LogP) is 6.47. The van der Waals surface area contributed by atoms with Crippen molar-refractivity contribution in [2.75, 3.05) is 0 Å². The molecule has 0 aromatic heterocycles. The maximum Gasteiger partial charge on any atom is 0.00858 e. The SMILES string of the molecule is CC(P)C1C=CC=C1P(C1CCCCC1)C1CCCCC1. The van der Waals surface area contributed by atoms with Gasteiger partial charge in [0, 0.05) is 5.92 Å². The quantitative estimate of drug-likeness (QED) is 0.520. The van der Waals surface area contributed by atoms with Crippen molar-refractivity contribution < 1.29 is 0 Å². The van der Waals surface area contributed by atoms with Crippen molar-refractivity contribution in [2.24, 2.45) is 5.92 Å². The number of hydrogen-bond acceptors (Lipinski definition) is 0. The van der Waals surface area contributed by atoms with E-state index < -0.39 is 0 Å². The van der Waals surface area contributed by atoms with Crippen LogP contribution in [0.25, 0.3) is 0 Å². The molecular formula is C19H32P2. The molecule has 0 heterocycles. The predicted molar refractivity (Wildman–Crippen MR) is 101 cm³/mol. The van der Waals surface area contributed by atoms with Gasteiger partial charge in [-0.2, -0.15) is 0 Å². The maximum atomic E-state index is 3.07. The van der Waals surface area contributed by atoms with Crippen LogP contribution in [0.15, 0.2) is 23.5 Å². The van der Waals surface area contributed by atoms with Crippen molar-refractivity contribution in [1.29, 1.82) is 0 Å². The highest BCUT2D eigenvalue weighted by molar-refractivity contribution is 7.63. The number of rotatable bonds is 4. The van der Waals surface area contributed by atoms with E-state index >= 15 is 0 Å². The molecule has 2 saturated carbocycles. The van der Waals surface area contributed by atoms with Gasteiger partial charge in [-0.15, -0.1) is 9.24 Å². The van der Waals surface area contributed by atoms with Gasteiger partial charge in [0.15, 0.2) is 0 Å². The fraction of sp³-hybridized carbons (Fsp3) is 0.789. The molecule has 0 aliphatic heterocycles. The van der Waals surface area contributed by atoms with E-state index in [-0.39, 0.29) is 7.92 Å². The first-order chi connectivity index (χ1) is 10.3. The van der Waals surface area contributed by atoms with Crippen LogP contribution in [0.4, 0.5) is 0 Å². The highest BCUT2D eigenvalue weighted by atomic mass is 31.1. The van der Waals surface area contributed by atoms with Gasteiger partial charge in [0.25, 0.3) is 0 Å².